The quantitative estimate of drug-likeness (QED) is 0.459. The van der Waals surface area contributed by atoms with Gasteiger partial charge in [0, 0.05) is 42.1 Å². The van der Waals surface area contributed by atoms with E-state index in [0.29, 0.717) is 28.5 Å². The Morgan fingerprint density at radius 2 is 1.89 bits per heavy atom. The van der Waals surface area contributed by atoms with E-state index in [1.807, 2.05) is 13.0 Å². The molecule has 4 rings (SSSR count). The first-order valence-corrected chi connectivity index (χ1v) is 11.4. The van der Waals surface area contributed by atoms with Gasteiger partial charge in [-0.05, 0) is 51.2 Å². The van der Waals surface area contributed by atoms with Gasteiger partial charge in [0.25, 0.3) is 0 Å². The first-order valence-electron chi connectivity index (χ1n) is 11.0. The molecule has 1 aromatic heterocycles. The molecule has 3 aromatic rings. The lowest BCUT2D eigenvalue weighted by Crippen LogP contribution is -2.41. The van der Waals surface area contributed by atoms with Gasteiger partial charge in [-0.2, -0.15) is 5.26 Å². The van der Waals surface area contributed by atoms with Gasteiger partial charge in [0.15, 0.2) is 11.6 Å². The van der Waals surface area contributed by atoms with Crippen molar-refractivity contribution < 1.29 is 13.6 Å². The SMILES string of the molecule is CCN1C(=O)N(c2c(F)cc(N[C@H](C)CNC)cc2F)c2cc(C#N)ccc2-c2cc(Cl)cnc21. The van der Waals surface area contributed by atoms with Crippen molar-refractivity contribution in [3.63, 3.8) is 0 Å². The van der Waals surface area contributed by atoms with E-state index < -0.39 is 23.4 Å². The van der Waals surface area contributed by atoms with E-state index in [-0.39, 0.29) is 29.5 Å². The van der Waals surface area contributed by atoms with Gasteiger partial charge in [-0.3, -0.25) is 9.80 Å². The molecule has 2 heterocycles. The lowest BCUT2D eigenvalue weighted by atomic mass is 10.0. The molecule has 0 unspecified atom stereocenters. The number of pyridine rings is 1. The van der Waals surface area contributed by atoms with Crippen molar-refractivity contribution >= 4 is 40.5 Å². The molecular weight excluding hydrogens is 474 g/mol. The monoisotopic (exact) mass is 496 g/mol. The zero-order chi connectivity index (χ0) is 25.3. The van der Waals surface area contributed by atoms with Gasteiger partial charge < -0.3 is 10.6 Å². The summed E-state index contributed by atoms with van der Waals surface area (Å²) >= 11 is 6.20. The van der Waals surface area contributed by atoms with Crippen molar-refractivity contribution in [2.75, 3.05) is 35.3 Å². The molecular formula is C25H23ClF2N6O. The minimum atomic E-state index is -0.932. The number of halogens is 3. The van der Waals surface area contributed by atoms with Crippen LogP contribution in [0.5, 0.6) is 0 Å². The van der Waals surface area contributed by atoms with Gasteiger partial charge in [-0.25, -0.2) is 18.6 Å². The number of fused-ring (bicyclic) bond motifs is 3. The average molecular weight is 497 g/mol. The standard InChI is InChI=1S/C25H23ClF2N6O/c1-4-33-24-19(8-16(26)13-31-24)18-6-5-15(11-29)7-22(18)34(25(33)35)23-20(27)9-17(10-21(23)28)32-14(2)12-30-3/h5-10,13-14,30,32H,4,12H2,1-3H3/t14-/m1/s1. The minimum Gasteiger partial charge on any atom is -0.381 e. The molecule has 0 radical (unpaired) electrons. The van der Waals surface area contributed by atoms with Crippen LogP contribution in [0.3, 0.4) is 0 Å². The van der Waals surface area contributed by atoms with Gasteiger partial charge >= 0.3 is 6.03 Å². The first kappa shape index (κ1) is 24.4. The highest BCUT2D eigenvalue weighted by Crippen LogP contribution is 2.45. The molecule has 2 amide bonds. The Morgan fingerprint density at radius 3 is 2.51 bits per heavy atom. The predicted octanol–water partition coefficient (Wildman–Crippen LogP) is 5.67. The molecule has 0 bridgehead atoms. The summed E-state index contributed by atoms with van der Waals surface area (Å²) in [4.78, 5) is 20.4. The fourth-order valence-corrected chi connectivity index (χ4v) is 4.34. The Hall–Kier alpha value is -3.74. The van der Waals surface area contributed by atoms with Crippen LogP contribution < -0.4 is 20.4 Å². The number of nitrogens with zero attached hydrogens (tertiary/aromatic N) is 4. The first-order chi connectivity index (χ1) is 16.8. The summed E-state index contributed by atoms with van der Waals surface area (Å²) < 4.78 is 31.1. The molecule has 1 aliphatic rings. The second-order valence-corrected chi connectivity index (χ2v) is 8.56. The zero-order valence-electron chi connectivity index (χ0n) is 19.4. The molecule has 0 aliphatic carbocycles. The lowest BCUT2D eigenvalue weighted by molar-refractivity contribution is 0.253. The van der Waals surface area contributed by atoms with E-state index in [1.54, 1.807) is 32.2 Å². The minimum absolute atomic E-state index is 0.0933. The highest BCUT2D eigenvalue weighted by Gasteiger charge is 2.36. The van der Waals surface area contributed by atoms with Crippen LogP contribution in [0.4, 0.5) is 36.5 Å². The third kappa shape index (κ3) is 4.50. The maximum absolute atomic E-state index is 15.5. The summed E-state index contributed by atoms with van der Waals surface area (Å²) in [5, 5.41) is 15.8. The second-order valence-electron chi connectivity index (χ2n) is 8.12. The summed E-state index contributed by atoms with van der Waals surface area (Å²) in [7, 11) is 1.78. The topological polar surface area (TPSA) is 84.3 Å². The number of rotatable bonds is 6. The molecule has 1 aliphatic heterocycles. The Balaban J connectivity index is 1.95. The molecule has 0 saturated carbocycles. The molecule has 0 spiro atoms. The maximum Gasteiger partial charge on any atom is 0.334 e. The number of aromatic nitrogens is 1. The smallest absolute Gasteiger partial charge is 0.334 e. The Kier molecular flexibility index (Phi) is 6.87. The average Bonchev–Trinajstić information content (AvgIpc) is 2.91. The third-order valence-electron chi connectivity index (χ3n) is 5.65. The van der Waals surface area contributed by atoms with Crippen molar-refractivity contribution in [2.24, 2.45) is 0 Å². The molecule has 2 N–H and O–H groups in total. The Labute approximate surface area is 206 Å². The highest BCUT2D eigenvalue weighted by molar-refractivity contribution is 6.31. The highest BCUT2D eigenvalue weighted by atomic mass is 35.5. The van der Waals surface area contributed by atoms with E-state index >= 15 is 8.78 Å². The second kappa shape index (κ2) is 9.86. The predicted molar refractivity (Wildman–Crippen MR) is 133 cm³/mol. The summed E-state index contributed by atoms with van der Waals surface area (Å²) in [6, 6.07) is 9.76. The molecule has 0 fully saturated rings. The summed E-state index contributed by atoms with van der Waals surface area (Å²) in [6.45, 7) is 4.36. The fourth-order valence-electron chi connectivity index (χ4n) is 4.18. The number of carbonyl (C=O) groups excluding carboxylic acids is 1. The van der Waals surface area contributed by atoms with Gasteiger partial charge in [0.05, 0.1) is 22.3 Å². The number of carbonyl (C=O) groups is 1. The van der Waals surface area contributed by atoms with Crippen molar-refractivity contribution in [3.8, 4) is 17.2 Å². The number of amides is 2. The molecule has 180 valence electrons. The number of nitriles is 1. The normalized spacial score (nSPS) is 13.6. The van der Waals surface area contributed by atoms with Gasteiger partial charge in [-0.15, -0.1) is 0 Å². The van der Waals surface area contributed by atoms with Gasteiger partial charge in [0.1, 0.15) is 11.5 Å². The van der Waals surface area contributed by atoms with Crippen LogP contribution in [-0.2, 0) is 0 Å². The van der Waals surface area contributed by atoms with E-state index in [1.165, 1.54) is 17.2 Å². The van der Waals surface area contributed by atoms with Gasteiger partial charge in [-0.1, -0.05) is 17.7 Å². The largest absolute Gasteiger partial charge is 0.381 e. The molecule has 0 saturated heterocycles. The van der Waals surface area contributed by atoms with Crippen LogP contribution in [0.25, 0.3) is 11.1 Å². The van der Waals surface area contributed by atoms with E-state index in [2.05, 4.69) is 15.6 Å². The molecule has 10 heteroatoms. The number of hydrogen-bond donors (Lipinski definition) is 2. The number of nitrogens with one attached hydrogen (secondary N) is 2. The number of likely N-dealkylation sites (N-methyl/N-ethyl adjacent to an activating group) is 1. The van der Waals surface area contributed by atoms with Crippen LogP contribution in [0.2, 0.25) is 5.02 Å². The summed E-state index contributed by atoms with van der Waals surface area (Å²) in [5.74, 6) is -1.56. The van der Waals surface area contributed by atoms with Gasteiger partial charge in [0.2, 0.25) is 0 Å². The van der Waals surface area contributed by atoms with Crippen molar-refractivity contribution in [1.82, 2.24) is 10.3 Å². The van der Waals surface area contributed by atoms with Crippen LogP contribution >= 0.6 is 11.6 Å². The molecule has 1 atom stereocenters. The van der Waals surface area contributed by atoms with Crippen molar-refractivity contribution in [3.05, 3.63) is 64.8 Å². The molecule has 35 heavy (non-hydrogen) atoms. The number of hydrogen-bond acceptors (Lipinski definition) is 5. The van der Waals surface area contributed by atoms with E-state index in [0.717, 1.165) is 17.0 Å². The lowest BCUT2D eigenvalue weighted by Gasteiger charge is -2.28. The van der Waals surface area contributed by atoms with Crippen molar-refractivity contribution in [2.45, 2.75) is 19.9 Å². The maximum atomic E-state index is 15.5. The third-order valence-corrected chi connectivity index (χ3v) is 5.86. The van der Waals surface area contributed by atoms with Crippen LogP contribution in [0, 0.1) is 23.0 Å². The molecule has 7 nitrogen and oxygen atoms in total. The van der Waals surface area contributed by atoms with Crippen LogP contribution in [0.15, 0.2) is 42.6 Å². The van der Waals surface area contributed by atoms with Crippen LogP contribution in [0.1, 0.15) is 19.4 Å². The summed E-state index contributed by atoms with van der Waals surface area (Å²) in [6.07, 6.45) is 1.41. The van der Waals surface area contributed by atoms with Crippen LogP contribution in [-0.4, -0.2) is 37.2 Å². The Bertz CT molecular complexity index is 1320. The summed E-state index contributed by atoms with van der Waals surface area (Å²) in [5.41, 5.74) is 1.04. The van der Waals surface area contributed by atoms with Crippen molar-refractivity contribution in [1.29, 1.82) is 5.26 Å². The van der Waals surface area contributed by atoms with E-state index in [4.69, 9.17) is 11.6 Å². The molecule has 2 aromatic carbocycles. The Morgan fingerprint density at radius 1 is 1.17 bits per heavy atom. The number of urea groups is 1. The zero-order valence-corrected chi connectivity index (χ0v) is 20.1. The van der Waals surface area contributed by atoms with E-state index in [9.17, 15) is 10.1 Å². The fraction of sp³-hybridized carbons (Fsp3) is 0.240. The number of benzene rings is 2. The number of anilines is 4.